The van der Waals surface area contributed by atoms with Gasteiger partial charge >= 0.3 is 0 Å². The van der Waals surface area contributed by atoms with Crippen LogP contribution in [0, 0.1) is 5.41 Å². The van der Waals surface area contributed by atoms with E-state index in [0.29, 0.717) is 5.41 Å². The Morgan fingerprint density at radius 3 is 2.35 bits per heavy atom. The molecule has 0 aliphatic rings. The minimum atomic E-state index is 0.369. The van der Waals surface area contributed by atoms with Gasteiger partial charge in [0.2, 0.25) is 0 Å². The first kappa shape index (κ1) is 14.2. The summed E-state index contributed by atoms with van der Waals surface area (Å²) in [4.78, 5) is 0. The van der Waals surface area contributed by atoms with Crippen LogP contribution in [0.25, 0.3) is 0 Å². The van der Waals surface area contributed by atoms with Crippen LogP contribution in [0.3, 0.4) is 0 Å². The number of aryl methyl sites for hydroxylation is 2. The van der Waals surface area contributed by atoms with Crippen LogP contribution in [-0.4, -0.2) is 23.4 Å². The molecule has 0 fully saturated rings. The molecule has 0 radical (unpaired) electrons. The Morgan fingerprint density at radius 2 is 1.94 bits per heavy atom. The lowest BCUT2D eigenvalue weighted by Gasteiger charge is -2.31. The Morgan fingerprint density at radius 1 is 1.29 bits per heavy atom. The third kappa shape index (κ3) is 3.32. The Kier molecular flexibility index (Phi) is 5.19. The van der Waals surface area contributed by atoms with Gasteiger partial charge in [-0.1, -0.05) is 20.8 Å². The predicted molar refractivity (Wildman–Crippen MR) is 73.2 cm³/mol. The van der Waals surface area contributed by atoms with Crippen LogP contribution < -0.4 is 5.32 Å². The standard InChI is InChI=1S/C14H27N3/c1-6-12-9-13(17(5)16-12)10-14(7-2,8-3)11-15-4/h9,15H,6-8,10-11H2,1-5H3. The third-order valence-electron chi connectivity index (χ3n) is 4.00. The average molecular weight is 237 g/mol. The van der Waals surface area contributed by atoms with Gasteiger partial charge in [0, 0.05) is 19.3 Å². The van der Waals surface area contributed by atoms with Gasteiger partial charge in [-0.25, -0.2) is 0 Å². The molecule has 0 aliphatic carbocycles. The molecular weight excluding hydrogens is 210 g/mol. The van der Waals surface area contributed by atoms with E-state index < -0.39 is 0 Å². The molecule has 1 rings (SSSR count). The van der Waals surface area contributed by atoms with Crippen molar-refractivity contribution < 1.29 is 0 Å². The van der Waals surface area contributed by atoms with Crippen molar-refractivity contribution in [1.29, 1.82) is 0 Å². The van der Waals surface area contributed by atoms with Crippen molar-refractivity contribution in [2.24, 2.45) is 12.5 Å². The Balaban J connectivity index is 2.88. The molecule has 1 N–H and O–H groups in total. The Labute approximate surface area is 106 Å². The van der Waals surface area contributed by atoms with E-state index in [4.69, 9.17) is 0 Å². The Hall–Kier alpha value is -0.830. The van der Waals surface area contributed by atoms with Gasteiger partial charge in [0.05, 0.1) is 5.69 Å². The van der Waals surface area contributed by atoms with E-state index in [1.54, 1.807) is 0 Å². The largest absolute Gasteiger partial charge is 0.319 e. The summed E-state index contributed by atoms with van der Waals surface area (Å²) in [5, 5.41) is 7.88. The van der Waals surface area contributed by atoms with E-state index in [-0.39, 0.29) is 0 Å². The second-order valence-corrected chi connectivity index (χ2v) is 5.02. The van der Waals surface area contributed by atoms with Crippen LogP contribution in [0.4, 0.5) is 0 Å². The summed E-state index contributed by atoms with van der Waals surface area (Å²) in [5.74, 6) is 0. The minimum absolute atomic E-state index is 0.369. The van der Waals surface area contributed by atoms with Crippen LogP contribution in [0.5, 0.6) is 0 Å². The SMILES string of the molecule is CCc1cc(CC(CC)(CC)CNC)n(C)n1. The van der Waals surface area contributed by atoms with Gasteiger partial charge in [-0.05, 0) is 44.2 Å². The highest BCUT2D eigenvalue weighted by Crippen LogP contribution is 2.30. The zero-order valence-electron chi connectivity index (χ0n) is 12.0. The van der Waals surface area contributed by atoms with Crippen LogP contribution in [-0.2, 0) is 19.9 Å². The summed E-state index contributed by atoms with van der Waals surface area (Å²) in [6.45, 7) is 7.81. The summed E-state index contributed by atoms with van der Waals surface area (Å²) >= 11 is 0. The first-order valence-corrected chi connectivity index (χ1v) is 6.77. The fraction of sp³-hybridized carbons (Fsp3) is 0.786. The summed E-state index contributed by atoms with van der Waals surface area (Å²) in [6.07, 6.45) is 4.55. The maximum absolute atomic E-state index is 4.54. The molecule has 0 aliphatic heterocycles. The first-order valence-electron chi connectivity index (χ1n) is 6.77. The molecule has 0 atom stereocenters. The van der Waals surface area contributed by atoms with E-state index in [1.165, 1.54) is 24.2 Å². The van der Waals surface area contributed by atoms with Crippen molar-refractivity contribution in [3.05, 3.63) is 17.5 Å². The summed E-state index contributed by atoms with van der Waals surface area (Å²) in [7, 11) is 4.10. The van der Waals surface area contributed by atoms with Gasteiger partial charge in [0.25, 0.3) is 0 Å². The number of nitrogens with zero attached hydrogens (tertiary/aromatic N) is 2. The molecule has 0 bridgehead atoms. The van der Waals surface area contributed by atoms with Crippen molar-refractivity contribution in [3.63, 3.8) is 0 Å². The quantitative estimate of drug-likeness (QED) is 0.790. The summed E-state index contributed by atoms with van der Waals surface area (Å²) < 4.78 is 2.05. The smallest absolute Gasteiger partial charge is 0.0624 e. The number of rotatable bonds is 7. The second-order valence-electron chi connectivity index (χ2n) is 5.02. The van der Waals surface area contributed by atoms with Crippen LogP contribution in [0.1, 0.15) is 45.0 Å². The van der Waals surface area contributed by atoms with Crippen LogP contribution in [0.2, 0.25) is 0 Å². The van der Waals surface area contributed by atoms with Crippen molar-refractivity contribution in [2.75, 3.05) is 13.6 Å². The zero-order valence-corrected chi connectivity index (χ0v) is 12.0. The maximum atomic E-state index is 4.54. The first-order chi connectivity index (χ1) is 8.10. The second kappa shape index (κ2) is 6.20. The van der Waals surface area contributed by atoms with Gasteiger partial charge in [-0.3, -0.25) is 4.68 Å². The highest BCUT2D eigenvalue weighted by Gasteiger charge is 2.27. The van der Waals surface area contributed by atoms with Crippen molar-refractivity contribution in [3.8, 4) is 0 Å². The highest BCUT2D eigenvalue weighted by atomic mass is 15.3. The van der Waals surface area contributed by atoms with Crippen LogP contribution >= 0.6 is 0 Å². The molecule has 1 aromatic rings. The molecular formula is C14H27N3. The van der Waals surface area contributed by atoms with Gasteiger partial charge in [0.1, 0.15) is 0 Å². The van der Waals surface area contributed by atoms with E-state index in [0.717, 1.165) is 19.4 Å². The van der Waals surface area contributed by atoms with Crippen molar-refractivity contribution in [1.82, 2.24) is 15.1 Å². The monoisotopic (exact) mass is 237 g/mol. The van der Waals surface area contributed by atoms with Gasteiger partial charge in [-0.2, -0.15) is 5.10 Å². The average Bonchev–Trinajstić information content (AvgIpc) is 2.69. The van der Waals surface area contributed by atoms with Crippen molar-refractivity contribution in [2.45, 2.75) is 46.5 Å². The van der Waals surface area contributed by atoms with E-state index in [1.807, 2.05) is 7.05 Å². The molecule has 0 spiro atoms. The Bertz CT molecular complexity index is 337. The number of nitrogens with one attached hydrogen (secondary N) is 1. The normalized spacial score (nSPS) is 12.1. The molecule has 3 heteroatoms. The summed E-state index contributed by atoms with van der Waals surface area (Å²) in [5.41, 5.74) is 2.93. The lowest BCUT2D eigenvalue weighted by molar-refractivity contribution is 0.247. The van der Waals surface area contributed by atoms with Gasteiger partial charge in [0.15, 0.2) is 0 Å². The van der Waals surface area contributed by atoms with E-state index in [9.17, 15) is 0 Å². The fourth-order valence-corrected chi connectivity index (χ4v) is 2.48. The summed E-state index contributed by atoms with van der Waals surface area (Å²) in [6, 6.07) is 2.26. The molecule has 1 heterocycles. The topological polar surface area (TPSA) is 29.9 Å². The number of aromatic nitrogens is 2. The number of hydrogen-bond acceptors (Lipinski definition) is 2. The van der Waals surface area contributed by atoms with Crippen molar-refractivity contribution >= 4 is 0 Å². The molecule has 0 saturated carbocycles. The zero-order chi connectivity index (χ0) is 12.9. The molecule has 0 aromatic carbocycles. The predicted octanol–water partition coefficient (Wildman–Crippen LogP) is 2.55. The fourth-order valence-electron chi connectivity index (χ4n) is 2.48. The lowest BCUT2D eigenvalue weighted by atomic mass is 9.78. The van der Waals surface area contributed by atoms with E-state index >= 15 is 0 Å². The highest BCUT2D eigenvalue weighted by molar-refractivity contribution is 5.12. The molecule has 0 saturated heterocycles. The van der Waals surface area contributed by atoms with Crippen LogP contribution in [0.15, 0.2) is 6.07 Å². The van der Waals surface area contributed by atoms with Gasteiger partial charge < -0.3 is 5.32 Å². The molecule has 17 heavy (non-hydrogen) atoms. The maximum Gasteiger partial charge on any atom is 0.0624 e. The lowest BCUT2D eigenvalue weighted by Crippen LogP contribution is -2.34. The van der Waals surface area contributed by atoms with E-state index in [2.05, 4.69) is 49.0 Å². The number of hydrogen-bond donors (Lipinski definition) is 1. The third-order valence-corrected chi connectivity index (χ3v) is 4.00. The molecule has 3 nitrogen and oxygen atoms in total. The molecule has 98 valence electrons. The molecule has 1 aromatic heterocycles. The van der Waals surface area contributed by atoms with Gasteiger partial charge in [-0.15, -0.1) is 0 Å². The minimum Gasteiger partial charge on any atom is -0.319 e. The molecule has 0 unspecified atom stereocenters. The molecule has 0 amide bonds.